The number of nitrogens with one attached hydrogen (secondary N) is 2. The Bertz CT molecular complexity index is 332. The second-order valence-corrected chi connectivity index (χ2v) is 5.15. The molecule has 0 amide bonds. The lowest BCUT2D eigenvalue weighted by Gasteiger charge is -2.11. The molecule has 22 heavy (non-hydrogen) atoms. The molecule has 0 rings (SSSR count). The molecule has 128 valence electrons. The van der Waals surface area contributed by atoms with Crippen LogP contribution >= 0.6 is 0 Å². The zero-order valence-corrected chi connectivity index (χ0v) is 13.4. The van der Waals surface area contributed by atoms with Crippen molar-refractivity contribution in [2.45, 2.75) is 44.8 Å². The number of carbonyl (C=O) groups is 1. The second-order valence-electron chi connectivity index (χ2n) is 5.15. The van der Waals surface area contributed by atoms with Crippen LogP contribution in [0.15, 0.2) is 24.3 Å². The van der Waals surface area contributed by atoms with Crippen molar-refractivity contribution >= 4 is 5.97 Å². The third-order valence-electron chi connectivity index (χ3n) is 2.94. The van der Waals surface area contributed by atoms with E-state index in [-0.39, 0.29) is 19.2 Å². The summed E-state index contributed by atoms with van der Waals surface area (Å²) in [5.74, 6) is -0.938. The fourth-order valence-electron chi connectivity index (χ4n) is 1.78. The maximum atomic E-state index is 10.3. The van der Waals surface area contributed by atoms with Crippen LogP contribution < -0.4 is 10.6 Å². The SMILES string of the molecule is CC/C=C\CCC(O)C/C=C\CNCC(O)CNCC(=O)O. The predicted octanol–water partition coefficient (Wildman–Crippen LogP) is 0.665. The number of aliphatic hydroxyl groups is 2. The van der Waals surface area contributed by atoms with Gasteiger partial charge in [0.05, 0.1) is 18.8 Å². The molecule has 0 aliphatic rings. The van der Waals surface area contributed by atoms with Gasteiger partial charge in [-0.3, -0.25) is 4.79 Å². The number of carboxylic acid groups (broad SMARTS) is 1. The van der Waals surface area contributed by atoms with Gasteiger partial charge in [0, 0.05) is 19.6 Å². The number of hydrogen-bond donors (Lipinski definition) is 5. The van der Waals surface area contributed by atoms with Crippen LogP contribution in [0, 0.1) is 0 Å². The average Bonchev–Trinajstić information content (AvgIpc) is 2.47. The number of carboxylic acids is 1. The van der Waals surface area contributed by atoms with Gasteiger partial charge >= 0.3 is 5.97 Å². The molecule has 5 N–H and O–H groups in total. The van der Waals surface area contributed by atoms with Crippen molar-refractivity contribution in [1.29, 1.82) is 0 Å². The molecule has 0 saturated carbocycles. The highest BCUT2D eigenvalue weighted by atomic mass is 16.4. The smallest absolute Gasteiger partial charge is 0.317 e. The summed E-state index contributed by atoms with van der Waals surface area (Å²) in [6, 6.07) is 0. The summed E-state index contributed by atoms with van der Waals surface area (Å²) in [4.78, 5) is 10.3. The molecule has 6 nitrogen and oxygen atoms in total. The van der Waals surface area contributed by atoms with E-state index in [0.29, 0.717) is 19.5 Å². The Morgan fingerprint density at radius 1 is 1.05 bits per heavy atom. The molecule has 0 saturated heterocycles. The van der Waals surface area contributed by atoms with Crippen LogP contribution in [0.2, 0.25) is 0 Å². The summed E-state index contributed by atoms with van der Waals surface area (Å²) < 4.78 is 0. The number of hydrogen-bond acceptors (Lipinski definition) is 5. The van der Waals surface area contributed by atoms with E-state index in [4.69, 9.17) is 5.11 Å². The fraction of sp³-hybridized carbons (Fsp3) is 0.688. The summed E-state index contributed by atoms with van der Waals surface area (Å²) >= 11 is 0. The van der Waals surface area contributed by atoms with Crippen molar-refractivity contribution in [3.63, 3.8) is 0 Å². The minimum atomic E-state index is -0.938. The Labute approximate surface area is 132 Å². The topological polar surface area (TPSA) is 102 Å². The van der Waals surface area contributed by atoms with E-state index < -0.39 is 12.1 Å². The van der Waals surface area contributed by atoms with Crippen LogP contribution in [0.1, 0.15) is 32.6 Å². The molecule has 0 aliphatic carbocycles. The maximum Gasteiger partial charge on any atom is 0.317 e. The molecule has 0 aliphatic heterocycles. The standard InChI is InChI=1S/C16H30N2O4/c1-2-3-4-5-8-14(19)9-6-7-10-17-11-15(20)12-18-13-16(21)22/h3-4,6-7,14-15,17-20H,2,5,8-13H2,1H3,(H,21,22)/b4-3-,7-6-. The highest BCUT2D eigenvalue weighted by molar-refractivity contribution is 5.68. The Kier molecular flexibility index (Phi) is 13.9. The third kappa shape index (κ3) is 15.2. The van der Waals surface area contributed by atoms with E-state index in [1.165, 1.54) is 0 Å². The Morgan fingerprint density at radius 2 is 1.77 bits per heavy atom. The molecular weight excluding hydrogens is 284 g/mol. The molecular formula is C16H30N2O4. The summed E-state index contributed by atoms with van der Waals surface area (Å²) in [7, 11) is 0. The van der Waals surface area contributed by atoms with Crippen LogP contribution in [-0.4, -0.2) is 59.7 Å². The lowest BCUT2D eigenvalue weighted by atomic mass is 10.1. The summed E-state index contributed by atoms with van der Waals surface area (Å²) in [5, 5.41) is 33.4. The first-order valence-corrected chi connectivity index (χ1v) is 7.85. The molecule has 0 fully saturated rings. The van der Waals surface area contributed by atoms with Crippen molar-refractivity contribution in [3.8, 4) is 0 Å². The van der Waals surface area contributed by atoms with Crippen LogP contribution in [0.4, 0.5) is 0 Å². The second kappa shape index (κ2) is 14.7. The summed E-state index contributed by atoms with van der Waals surface area (Å²) in [5.41, 5.74) is 0. The van der Waals surface area contributed by atoms with Crippen LogP contribution in [0.25, 0.3) is 0 Å². The zero-order valence-electron chi connectivity index (χ0n) is 13.4. The quantitative estimate of drug-likeness (QED) is 0.238. The molecule has 0 bridgehead atoms. The van der Waals surface area contributed by atoms with E-state index in [9.17, 15) is 15.0 Å². The van der Waals surface area contributed by atoms with Gasteiger partial charge in [-0.25, -0.2) is 0 Å². The minimum Gasteiger partial charge on any atom is -0.480 e. The van der Waals surface area contributed by atoms with Crippen LogP contribution in [0.5, 0.6) is 0 Å². The van der Waals surface area contributed by atoms with E-state index in [0.717, 1.165) is 19.3 Å². The first-order chi connectivity index (χ1) is 10.6. The number of aliphatic carboxylic acids is 1. The molecule has 2 unspecified atom stereocenters. The minimum absolute atomic E-state index is 0.151. The van der Waals surface area contributed by atoms with Gasteiger partial charge in [0.2, 0.25) is 0 Å². The largest absolute Gasteiger partial charge is 0.480 e. The molecule has 0 spiro atoms. The lowest BCUT2D eigenvalue weighted by Crippen LogP contribution is -2.37. The molecule has 0 aromatic heterocycles. The van der Waals surface area contributed by atoms with Crippen LogP contribution in [0.3, 0.4) is 0 Å². The van der Waals surface area contributed by atoms with Gasteiger partial charge in [0.25, 0.3) is 0 Å². The predicted molar refractivity (Wildman–Crippen MR) is 87.8 cm³/mol. The van der Waals surface area contributed by atoms with E-state index in [1.54, 1.807) is 0 Å². The van der Waals surface area contributed by atoms with E-state index >= 15 is 0 Å². The fourth-order valence-corrected chi connectivity index (χ4v) is 1.78. The number of aliphatic hydroxyl groups excluding tert-OH is 2. The van der Waals surface area contributed by atoms with Crippen molar-refractivity contribution in [2.75, 3.05) is 26.2 Å². The Morgan fingerprint density at radius 3 is 2.45 bits per heavy atom. The first-order valence-electron chi connectivity index (χ1n) is 7.85. The molecule has 0 aromatic carbocycles. The number of allylic oxidation sites excluding steroid dienone is 2. The van der Waals surface area contributed by atoms with E-state index in [2.05, 4.69) is 29.7 Å². The van der Waals surface area contributed by atoms with Gasteiger partial charge in [-0.2, -0.15) is 0 Å². The van der Waals surface area contributed by atoms with Crippen molar-refractivity contribution in [2.24, 2.45) is 0 Å². The molecule has 6 heteroatoms. The van der Waals surface area contributed by atoms with Crippen molar-refractivity contribution in [3.05, 3.63) is 24.3 Å². The molecule has 0 radical (unpaired) electrons. The van der Waals surface area contributed by atoms with Gasteiger partial charge in [0.15, 0.2) is 0 Å². The van der Waals surface area contributed by atoms with E-state index in [1.807, 2.05) is 12.2 Å². The number of rotatable bonds is 14. The highest BCUT2D eigenvalue weighted by Crippen LogP contribution is 2.03. The van der Waals surface area contributed by atoms with Gasteiger partial charge in [-0.15, -0.1) is 0 Å². The molecule has 0 aromatic rings. The Balaban J connectivity index is 3.49. The lowest BCUT2D eigenvalue weighted by molar-refractivity contribution is -0.136. The van der Waals surface area contributed by atoms with Gasteiger partial charge in [-0.1, -0.05) is 31.2 Å². The summed E-state index contributed by atoms with van der Waals surface area (Å²) in [6.45, 7) is 3.18. The van der Waals surface area contributed by atoms with Gasteiger partial charge in [-0.05, 0) is 25.7 Å². The van der Waals surface area contributed by atoms with Gasteiger partial charge < -0.3 is 26.0 Å². The van der Waals surface area contributed by atoms with Gasteiger partial charge in [0.1, 0.15) is 0 Å². The third-order valence-corrected chi connectivity index (χ3v) is 2.94. The summed E-state index contributed by atoms with van der Waals surface area (Å²) in [6.07, 6.45) is 10.4. The monoisotopic (exact) mass is 314 g/mol. The highest BCUT2D eigenvalue weighted by Gasteiger charge is 2.03. The van der Waals surface area contributed by atoms with Crippen molar-refractivity contribution < 1.29 is 20.1 Å². The molecule has 2 atom stereocenters. The zero-order chi connectivity index (χ0) is 16.6. The Hall–Kier alpha value is -1.21. The first kappa shape index (κ1) is 20.8. The normalized spacial score (nSPS) is 14.7. The maximum absolute atomic E-state index is 10.3. The van der Waals surface area contributed by atoms with Crippen molar-refractivity contribution in [1.82, 2.24) is 10.6 Å². The van der Waals surface area contributed by atoms with Crippen LogP contribution in [-0.2, 0) is 4.79 Å². The molecule has 0 heterocycles. The average molecular weight is 314 g/mol.